The molecule has 0 amide bonds. The Balaban J connectivity index is 0.00000289. The van der Waals surface area contributed by atoms with Gasteiger partial charge in [0.25, 0.3) is 0 Å². The third kappa shape index (κ3) is 6.12. The minimum atomic E-state index is -0.258. The van der Waals surface area contributed by atoms with Crippen LogP contribution in [0.25, 0.3) is 0 Å². The number of aliphatic imine (C=N–C) groups is 1. The van der Waals surface area contributed by atoms with Crippen LogP contribution in [0, 0.1) is 11.7 Å². The van der Waals surface area contributed by atoms with Gasteiger partial charge in [-0.3, -0.25) is 9.89 Å². The summed E-state index contributed by atoms with van der Waals surface area (Å²) in [5, 5.41) is 9.02. The zero-order valence-electron chi connectivity index (χ0n) is 18.6. The zero-order chi connectivity index (χ0) is 21.6. The Morgan fingerprint density at radius 3 is 3.00 bits per heavy atom. The van der Waals surface area contributed by atoms with Crippen molar-refractivity contribution in [1.29, 1.82) is 0 Å². The molecule has 0 radical (unpaired) electrons. The highest BCUT2D eigenvalue weighted by atomic mass is 127. The highest BCUT2D eigenvalue weighted by Crippen LogP contribution is 2.36. The lowest BCUT2D eigenvalue weighted by atomic mass is 9.88. The highest BCUT2D eigenvalue weighted by Gasteiger charge is 2.31. The number of guanidine groups is 1. The van der Waals surface area contributed by atoms with E-state index in [0.29, 0.717) is 31.5 Å². The van der Waals surface area contributed by atoms with Gasteiger partial charge in [-0.25, -0.2) is 4.39 Å². The van der Waals surface area contributed by atoms with Crippen molar-refractivity contribution in [3.63, 3.8) is 0 Å². The summed E-state index contributed by atoms with van der Waals surface area (Å²) in [6.45, 7) is 3.24. The Morgan fingerprint density at radius 1 is 1.34 bits per heavy atom. The second-order valence-electron chi connectivity index (χ2n) is 8.14. The van der Waals surface area contributed by atoms with Crippen LogP contribution in [-0.2, 0) is 17.8 Å². The average Bonchev–Trinajstić information content (AvgIpc) is 3.30. The molecule has 1 aromatic carbocycles. The topological polar surface area (TPSA) is 58.1 Å². The minimum Gasteiger partial charge on any atom is -0.467 e. The van der Waals surface area contributed by atoms with E-state index in [1.54, 1.807) is 13.1 Å². The highest BCUT2D eigenvalue weighted by molar-refractivity contribution is 14.0. The van der Waals surface area contributed by atoms with Crippen LogP contribution in [0.15, 0.2) is 34.6 Å². The second-order valence-corrected chi connectivity index (χ2v) is 9.12. The fourth-order valence-electron chi connectivity index (χ4n) is 4.59. The molecule has 32 heavy (non-hydrogen) atoms. The standard InChI is InChI=1S/C23H31FN4O2S.HI/c1-25-23(26-8-7-16-11-19(24)12-18-14-29-15-30-22(16)18)27-13-17-5-3-9-28(2)21(17)20-6-4-10-31-20;/h4,6,10-12,17,21H,3,5,7-9,13-15H2,1-2H3,(H2,25,26,27);1H. The first-order chi connectivity index (χ1) is 15.2. The fourth-order valence-corrected chi connectivity index (χ4v) is 5.57. The first kappa shape index (κ1) is 25.2. The normalized spacial score (nSPS) is 21.3. The quantitative estimate of drug-likeness (QED) is 0.309. The van der Waals surface area contributed by atoms with Gasteiger partial charge in [0.2, 0.25) is 0 Å². The zero-order valence-corrected chi connectivity index (χ0v) is 21.8. The number of rotatable bonds is 6. The van der Waals surface area contributed by atoms with Crippen molar-refractivity contribution in [2.24, 2.45) is 10.9 Å². The molecule has 6 nitrogen and oxygen atoms in total. The lowest BCUT2D eigenvalue weighted by Gasteiger charge is -2.39. The van der Waals surface area contributed by atoms with Crippen molar-refractivity contribution >= 4 is 41.3 Å². The van der Waals surface area contributed by atoms with Crippen molar-refractivity contribution in [1.82, 2.24) is 15.5 Å². The summed E-state index contributed by atoms with van der Waals surface area (Å²) in [5.41, 5.74) is 1.62. The van der Waals surface area contributed by atoms with Crippen molar-refractivity contribution in [3.8, 4) is 5.75 Å². The van der Waals surface area contributed by atoms with Crippen LogP contribution in [0.1, 0.15) is 34.9 Å². The number of ether oxygens (including phenoxy) is 2. The van der Waals surface area contributed by atoms with E-state index in [9.17, 15) is 4.39 Å². The summed E-state index contributed by atoms with van der Waals surface area (Å²) in [6.07, 6.45) is 3.06. The maximum Gasteiger partial charge on any atom is 0.190 e. The van der Waals surface area contributed by atoms with E-state index < -0.39 is 0 Å². The Kier molecular flexibility index (Phi) is 9.57. The van der Waals surface area contributed by atoms with Crippen molar-refractivity contribution in [2.75, 3.05) is 40.5 Å². The molecule has 1 saturated heterocycles. The van der Waals surface area contributed by atoms with Gasteiger partial charge in [-0.15, -0.1) is 35.3 Å². The van der Waals surface area contributed by atoms with Crippen LogP contribution in [0.3, 0.4) is 0 Å². The van der Waals surface area contributed by atoms with Crippen molar-refractivity contribution in [3.05, 3.63) is 51.5 Å². The molecule has 1 aromatic heterocycles. The van der Waals surface area contributed by atoms with Gasteiger partial charge in [-0.05, 0) is 67.9 Å². The Hall–Kier alpha value is -1.43. The first-order valence-corrected chi connectivity index (χ1v) is 11.7. The molecule has 2 aromatic rings. The Labute approximate surface area is 210 Å². The van der Waals surface area contributed by atoms with E-state index in [2.05, 4.69) is 45.1 Å². The van der Waals surface area contributed by atoms with E-state index in [4.69, 9.17) is 9.47 Å². The molecular weight excluding hydrogens is 542 g/mol. The number of piperidine rings is 1. The van der Waals surface area contributed by atoms with Crippen molar-refractivity contribution in [2.45, 2.75) is 31.9 Å². The molecule has 0 saturated carbocycles. The largest absolute Gasteiger partial charge is 0.467 e. The molecule has 176 valence electrons. The molecule has 2 aliphatic heterocycles. The van der Waals surface area contributed by atoms with Gasteiger partial charge in [-0.2, -0.15) is 0 Å². The molecular formula is C23H32FIN4O2S. The molecule has 2 aliphatic rings. The van der Waals surface area contributed by atoms with Crippen LogP contribution in [-0.4, -0.2) is 51.4 Å². The maximum absolute atomic E-state index is 13.9. The fraction of sp³-hybridized carbons (Fsp3) is 0.522. The molecule has 9 heteroatoms. The van der Waals surface area contributed by atoms with Gasteiger partial charge in [0, 0.05) is 36.6 Å². The first-order valence-electron chi connectivity index (χ1n) is 10.9. The van der Waals surface area contributed by atoms with Crippen LogP contribution in [0.2, 0.25) is 0 Å². The van der Waals surface area contributed by atoms with E-state index >= 15 is 0 Å². The van der Waals surface area contributed by atoms with E-state index in [1.165, 1.54) is 23.8 Å². The molecule has 2 N–H and O–H groups in total. The smallest absolute Gasteiger partial charge is 0.190 e. The molecule has 0 spiro atoms. The Bertz CT molecular complexity index is 896. The SMILES string of the molecule is CN=C(NCCc1cc(F)cc2c1OCOC2)NCC1CCCN(C)C1c1cccs1.I. The lowest BCUT2D eigenvalue weighted by Crippen LogP contribution is -2.45. The number of thiophene rings is 1. The van der Waals surface area contributed by atoms with Gasteiger partial charge < -0.3 is 20.1 Å². The van der Waals surface area contributed by atoms with Crippen LogP contribution in [0.5, 0.6) is 5.75 Å². The van der Waals surface area contributed by atoms with Gasteiger partial charge in [0.05, 0.1) is 6.61 Å². The number of nitrogens with zero attached hydrogens (tertiary/aromatic N) is 2. The number of likely N-dealkylation sites (tertiary alicyclic amines) is 1. The van der Waals surface area contributed by atoms with Gasteiger partial charge >= 0.3 is 0 Å². The minimum absolute atomic E-state index is 0. The average molecular weight is 575 g/mol. The third-order valence-corrected chi connectivity index (χ3v) is 6.98. The molecule has 1 fully saturated rings. The van der Waals surface area contributed by atoms with E-state index in [-0.39, 0.29) is 36.6 Å². The monoisotopic (exact) mass is 574 g/mol. The van der Waals surface area contributed by atoms with E-state index in [1.807, 2.05) is 11.3 Å². The number of hydrogen-bond donors (Lipinski definition) is 2. The summed E-state index contributed by atoms with van der Waals surface area (Å²) in [4.78, 5) is 8.27. The summed E-state index contributed by atoms with van der Waals surface area (Å²) >= 11 is 1.83. The maximum atomic E-state index is 13.9. The van der Waals surface area contributed by atoms with Gasteiger partial charge in [0.1, 0.15) is 11.6 Å². The number of benzene rings is 1. The lowest BCUT2D eigenvalue weighted by molar-refractivity contribution is -0.0172. The number of fused-ring (bicyclic) bond motifs is 1. The summed E-state index contributed by atoms with van der Waals surface area (Å²) in [6, 6.07) is 7.85. The number of hydrogen-bond acceptors (Lipinski definition) is 5. The van der Waals surface area contributed by atoms with Crippen molar-refractivity contribution < 1.29 is 13.9 Å². The Morgan fingerprint density at radius 2 is 2.22 bits per heavy atom. The van der Waals surface area contributed by atoms with E-state index in [0.717, 1.165) is 35.9 Å². The summed E-state index contributed by atoms with van der Waals surface area (Å²) < 4.78 is 24.8. The molecule has 2 atom stereocenters. The van der Waals surface area contributed by atoms with Gasteiger partial charge in [0.15, 0.2) is 12.8 Å². The molecule has 4 rings (SSSR count). The summed E-state index contributed by atoms with van der Waals surface area (Å²) in [5.74, 6) is 1.79. The molecule has 3 heterocycles. The summed E-state index contributed by atoms with van der Waals surface area (Å²) in [7, 11) is 4.00. The predicted molar refractivity (Wildman–Crippen MR) is 138 cm³/mol. The third-order valence-electron chi connectivity index (χ3n) is 6.04. The van der Waals surface area contributed by atoms with Crippen LogP contribution >= 0.6 is 35.3 Å². The van der Waals surface area contributed by atoms with Gasteiger partial charge in [-0.1, -0.05) is 6.07 Å². The molecule has 0 aliphatic carbocycles. The predicted octanol–water partition coefficient (Wildman–Crippen LogP) is 4.16. The second kappa shape index (κ2) is 12.2. The van der Waals surface area contributed by atoms with Crippen LogP contribution < -0.4 is 15.4 Å². The number of nitrogens with one attached hydrogen (secondary N) is 2. The molecule has 0 bridgehead atoms. The number of halogens is 2. The molecule has 2 unspecified atom stereocenters. The van der Waals surface area contributed by atoms with Crippen LogP contribution in [0.4, 0.5) is 4.39 Å².